The molecular formula is C24H27BrClF3N4O4. The van der Waals surface area contributed by atoms with Crippen LogP contribution in [0, 0.1) is 0 Å². The molecule has 2 amide bonds. The number of halogens is 5. The van der Waals surface area contributed by atoms with Gasteiger partial charge in [0.2, 0.25) is 0 Å². The van der Waals surface area contributed by atoms with Crippen LogP contribution >= 0.6 is 27.5 Å². The fourth-order valence-corrected chi connectivity index (χ4v) is 4.50. The fraction of sp³-hybridized carbons (Fsp3) is 0.458. The number of carbonyl (C=O) groups is 2. The maximum absolute atomic E-state index is 12.7. The van der Waals surface area contributed by atoms with Gasteiger partial charge >= 0.3 is 12.5 Å². The minimum Gasteiger partial charge on any atom is -0.444 e. The molecule has 0 aliphatic carbocycles. The first-order valence-corrected chi connectivity index (χ1v) is 12.5. The number of hydrogen-bond acceptors (Lipinski definition) is 6. The summed E-state index contributed by atoms with van der Waals surface area (Å²) in [6, 6.07) is 5.19. The Kier molecular flexibility index (Phi) is 8.53. The van der Waals surface area contributed by atoms with Crippen molar-refractivity contribution in [2.24, 2.45) is 0 Å². The number of ether oxygens (including phenoxy) is 2. The second-order valence-electron chi connectivity index (χ2n) is 9.65. The summed E-state index contributed by atoms with van der Waals surface area (Å²) >= 11 is 9.05. The molecule has 0 unspecified atom stereocenters. The van der Waals surface area contributed by atoms with Gasteiger partial charge in [0.1, 0.15) is 17.2 Å². The van der Waals surface area contributed by atoms with Gasteiger partial charge in [-0.3, -0.25) is 4.79 Å². The summed E-state index contributed by atoms with van der Waals surface area (Å²) in [6.45, 7) is 10.3. The first-order valence-electron chi connectivity index (χ1n) is 11.3. The van der Waals surface area contributed by atoms with Gasteiger partial charge in [-0.05, 0) is 68.7 Å². The van der Waals surface area contributed by atoms with Crippen molar-refractivity contribution in [3.8, 4) is 5.75 Å². The van der Waals surface area contributed by atoms with Crippen molar-refractivity contribution in [2.75, 3.05) is 23.3 Å². The number of nitrogens with zero attached hydrogens (tertiary/aromatic N) is 3. The van der Waals surface area contributed by atoms with Crippen molar-refractivity contribution in [1.82, 2.24) is 9.88 Å². The van der Waals surface area contributed by atoms with Crippen molar-refractivity contribution in [1.29, 1.82) is 0 Å². The number of pyridine rings is 1. The highest BCUT2D eigenvalue weighted by molar-refractivity contribution is 9.10. The molecule has 1 aliphatic heterocycles. The number of amides is 2. The van der Waals surface area contributed by atoms with E-state index in [1.165, 1.54) is 12.3 Å². The van der Waals surface area contributed by atoms with Gasteiger partial charge in [0.05, 0.1) is 20.7 Å². The summed E-state index contributed by atoms with van der Waals surface area (Å²) < 4.78 is 47.4. The standard InChI is InChI=1S/C24H27BrClF3N4O4/c1-13-12-33(22(35)37-23(3,4)5)14(2)11-32(13)20-7-6-15(10-30-20)21(34)31-18-9-19(36-24(27,28)29)16(25)8-17(18)26/h6-10,13-14H,11-12H2,1-5H3,(H,31,34)/t13-,14-/m1/s1. The minimum absolute atomic E-state index is 0.0185. The topological polar surface area (TPSA) is 84.0 Å². The predicted octanol–water partition coefficient (Wildman–Crippen LogP) is 6.48. The lowest BCUT2D eigenvalue weighted by atomic mass is 10.1. The van der Waals surface area contributed by atoms with Gasteiger partial charge in [0.25, 0.3) is 5.91 Å². The molecule has 13 heteroatoms. The smallest absolute Gasteiger partial charge is 0.444 e. The molecule has 2 heterocycles. The highest BCUT2D eigenvalue weighted by Gasteiger charge is 2.35. The number of nitrogens with one attached hydrogen (secondary N) is 1. The number of carbonyl (C=O) groups excluding carboxylic acids is 2. The zero-order valence-corrected chi connectivity index (χ0v) is 23.2. The van der Waals surface area contributed by atoms with Crippen LogP contribution in [0.15, 0.2) is 34.9 Å². The van der Waals surface area contributed by atoms with Crippen LogP contribution in [0.1, 0.15) is 45.0 Å². The van der Waals surface area contributed by atoms with Crippen LogP contribution in [0.4, 0.5) is 29.5 Å². The summed E-state index contributed by atoms with van der Waals surface area (Å²) in [5, 5.41) is 2.50. The minimum atomic E-state index is -4.91. The van der Waals surface area contributed by atoms with Gasteiger partial charge in [-0.2, -0.15) is 0 Å². The normalized spacial score (nSPS) is 18.4. The van der Waals surface area contributed by atoms with E-state index in [1.807, 2.05) is 39.5 Å². The highest BCUT2D eigenvalue weighted by Crippen LogP contribution is 2.37. The third-order valence-electron chi connectivity index (χ3n) is 5.41. The fourth-order valence-electron chi connectivity index (χ4n) is 3.73. The molecular weight excluding hydrogens is 581 g/mol. The Labute approximate surface area is 226 Å². The zero-order chi connectivity index (χ0) is 27.7. The van der Waals surface area contributed by atoms with Crippen molar-refractivity contribution < 1.29 is 32.2 Å². The second-order valence-corrected chi connectivity index (χ2v) is 10.9. The summed E-state index contributed by atoms with van der Waals surface area (Å²) in [5.74, 6) is -0.547. The van der Waals surface area contributed by atoms with Crippen LogP contribution in [0.25, 0.3) is 0 Å². The van der Waals surface area contributed by atoms with Gasteiger partial charge < -0.3 is 24.6 Å². The Bertz CT molecular complexity index is 1160. The van der Waals surface area contributed by atoms with E-state index in [2.05, 4.69) is 31.0 Å². The van der Waals surface area contributed by atoms with Crippen LogP contribution in [0.3, 0.4) is 0 Å². The summed E-state index contributed by atoms with van der Waals surface area (Å²) in [5.41, 5.74) is -0.476. The lowest BCUT2D eigenvalue weighted by molar-refractivity contribution is -0.274. The predicted molar refractivity (Wildman–Crippen MR) is 137 cm³/mol. The van der Waals surface area contributed by atoms with Crippen LogP contribution in [0.5, 0.6) is 5.75 Å². The Morgan fingerprint density at radius 1 is 1.14 bits per heavy atom. The van der Waals surface area contributed by atoms with Gasteiger partial charge in [0.15, 0.2) is 0 Å². The number of rotatable bonds is 4. The number of alkyl halides is 3. The number of anilines is 2. The molecule has 2 aromatic rings. The monoisotopic (exact) mass is 606 g/mol. The molecule has 8 nitrogen and oxygen atoms in total. The van der Waals surface area contributed by atoms with Gasteiger partial charge in [-0.1, -0.05) is 11.6 Å². The van der Waals surface area contributed by atoms with E-state index in [0.717, 1.165) is 6.07 Å². The zero-order valence-electron chi connectivity index (χ0n) is 20.8. The first-order chi connectivity index (χ1) is 17.0. The maximum atomic E-state index is 12.7. The van der Waals surface area contributed by atoms with Gasteiger partial charge in [-0.25, -0.2) is 9.78 Å². The van der Waals surface area contributed by atoms with E-state index in [1.54, 1.807) is 17.0 Å². The van der Waals surface area contributed by atoms with E-state index >= 15 is 0 Å². The van der Waals surface area contributed by atoms with Crippen molar-refractivity contribution in [3.05, 3.63) is 45.5 Å². The SMILES string of the molecule is C[C@@H]1CN(c2ccc(C(=O)Nc3cc(OC(F)(F)F)c(Br)cc3Cl)cn2)[C@H](C)CN1C(=O)OC(C)(C)C. The molecule has 1 aromatic heterocycles. The molecule has 0 spiro atoms. The molecule has 0 radical (unpaired) electrons. The molecule has 1 aliphatic rings. The molecule has 1 N–H and O–H groups in total. The molecule has 0 saturated carbocycles. The van der Waals surface area contributed by atoms with Crippen LogP contribution in [-0.4, -0.2) is 59.0 Å². The number of benzene rings is 1. The summed E-state index contributed by atoms with van der Waals surface area (Å²) in [4.78, 5) is 33.4. The lowest BCUT2D eigenvalue weighted by Crippen LogP contribution is -2.59. The number of aromatic nitrogens is 1. The third-order valence-corrected chi connectivity index (χ3v) is 6.35. The molecule has 202 valence electrons. The van der Waals surface area contributed by atoms with Crippen LogP contribution in [-0.2, 0) is 4.74 Å². The molecule has 1 fully saturated rings. The molecule has 3 rings (SSSR count). The first kappa shape index (κ1) is 28.8. The van der Waals surface area contributed by atoms with E-state index in [0.29, 0.717) is 18.9 Å². The number of hydrogen-bond donors (Lipinski definition) is 1. The third kappa shape index (κ3) is 7.64. The quantitative estimate of drug-likeness (QED) is 0.428. The Morgan fingerprint density at radius 3 is 2.38 bits per heavy atom. The largest absolute Gasteiger partial charge is 0.573 e. The van der Waals surface area contributed by atoms with Gasteiger partial charge in [0, 0.05) is 37.4 Å². The van der Waals surface area contributed by atoms with E-state index in [9.17, 15) is 22.8 Å². The van der Waals surface area contributed by atoms with E-state index in [4.69, 9.17) is 16.3 Å². The highest BCUT2D eigenvalue weighted by atomic mass is 79.9. The van der Waals surface area contributed by atoms with E-state index in [-0.39, 0.29) is 38.9 Å². The number of piperazine rings is 1. The average molecular weight is 608 g/mol. The maximum Gasteiger partial charge on any atom is 0.573 e. The Balaban J connectivity index is 1.70. The molecule has 37 heavy (non-hydrogen) atoms. The molecule has 2 atom stereocenters. The lowest BCUT2D eigenvalue weighted by Gasteiger charge is -2.44. The molecule has 0 bridgehead atoms. The Hall–Kier alpha value is -2.73. The summed E-state index contributed by atoms with van der Waals surface area (Å²) in [7, 11) is 0. The van der Waals surface area contributed by atoms with Crippen LogP contribution < -0.4 is 15.0 Å². The van der Waals surface area contributed by atoms with E-state index < -0.39 is 23.6 Å². The van der Waals surface area contributed by atoms with Crippen molar-refractivity contribution >= 4 is 51.0 Å². The Morgan fingerprint density at radius 2 is 1.81 bits per heavy atom. The molecule has 1 saturated heterocycles. The van der Waals surface area contributed by atoms with Crippen molar-refractivity contribution in [3.63, 3.8) is 0 Å². The van der Waals surface area contributed by atoms with Crippen molar-refractivity contribution in [2.45, 2.75) is 58.7 Å². The van der Waals surface area contributed by atoms with Gasteiger partial charge in [-0.15, -0.1) is 13.2 Å². The summed E-state index contributed by atoms with van der Waals surface area (Å²) in [6.07, 6.45) is -3.92. The molecule has 1 aromatic carbocycles. The second kappa shape index (κ2) is 10.9. The average Bonchev–Trinajstić information content (AvgIpc) is 2.76. The van der Waals surface area contributed by atoms with Crippen LogP contribution in [0.2, 0.25) is 5.02 Å².